The predicted molar refractivity (Wildman–Crippen MR) is 122 cm³/mol. The number of furan rings is 1. The Hall–Kier alpha value is -3.32. The number of thiophene rings is 1. The van der Waals surface area contributed by atoms with E-state index in [4.69, 9.17) is 9.15 Å². The van der Waals surface area contributed by atoms with E-state index in [1.165, 1.54) is 16.2 Å². The van der Waals surface area contributed by atoms with Gasteiger partial charge in [0.25, 0.3) is 11.7 Å². The second-order valence-corrected chi connectivity index (χ2v) is 9.22. The van der Waals surface area contributed by atoms with Crippen molar-refractivity contribution in [2.45, 2.75) is 33.4 Å². The topological polar surface area (TPSA) is 80.0 Å². The van der Waals surface area contributed by atoms with Crippen molar-refractivity contribution in [1.29, 1.82) is 0 Å². The Morgan fingerprint density at radius 2 is 2.00 bits per heavy atom. The van der Waals surface area contributed by atoms with Crippen molar-refractivity contribution in [3.8, 4) is 5.75 Å². The number of nitrogens with zero attached hydrogens (tertiary/aromatic N) is 1. The van der Waals surface area contributed by atoms with E-state index in [-0.39, 0.29) is 17.9 Å². The van der Waals surface area contributed by atoms with Crippen LogP contribution in [0.4, 0.5) is 0 Å². The lowest BCUT2D eigenvalue weighted by molar-refractivity contribution is -0.140. The molecule has 0 radical (unpaired) electrons. The summed E-state index contributed by atoms with van der Waals surface area (Å²) in [4.78, 5) is 28.4. The monoisotopic (exact) mass is 451 g/mol. The molecule has 0 bridgehead atoms. The zero-order valence-corrected chi connectivity index (χ0v) is 19.0. The van der Waals surface area contributed by atoms with Gasteiger partial charge in [0, 0.05) is 10.4 Å². The lowest BCUT2D eigenvalue weighted by Crippen LogP contribution is -2.28. The van der Waals surface area contributed by atoms with Crippen molar-refractivity contribution in [3.63, 3.8) is 0 Å². The number of Topliss-reactive ketones (excluding diaryl/α,β-unsaturated/α-hetero) is 1. The Balaban J connectivity index is 1.78. The fourth-order valence-corrected chi connectivity index (χ4v) is 4.36. The van der Waals surface area contributed by atoms with Gasteiger partial charge in [0.15, 0.2) is 0 Å². The third kappa shape index (κ3) is 4.34. The van der Waals surface area contributed by atoms with E-state index in [2.05, 4.69) is 0 Å². The normalized spacial score (nSPS) is 18.0. The molecule has 7 heteroatoms. The fraction of sp³-hybridized carbons (Fsp3) is 0.280. The smallest absolute Gasteiger partial charge is 0.296 e. The number of benzene rings is 1. The van der Waals surface area contributed by atoms with Gasteiger partial charge in [-0.2, -0.15) is 0 Å². The number of aliphatic hydroxyl groups excluding tert-OH is 1. The minimum Gasteiger partial charge on any atom is -0.507 e. The molecule has 1 aliphatic heterocycles. The summed E-state index contributed by atoms with van der Waals surface area (Å²) < 4.78 is 11.6. The summed E-state index contributed by atoms with van der Waals surface area (Å²) >= 11 is 1.50. The molecule has 1 aromatic carbocycles. The highest BCUT2D eigenvalue weighted by Gasteiger charge is 2.47. The number of carbonyl (C=O) groups is 2. The first-order chi connectivity index (χ1) is 15.3. The average molecular weight is 452 g/mol. The van der Waals surface area contributed by atoms with E-state index >= 15 is 0 Å². The number of carbonyl (C=O) groups excluding carboxylic acids is 2. The second-order valence-electron chi connectivity index (χ2n) is 8.19. The summed E-state index contributed by atoms with van der Waals surface area (Å²) in [6, 6.07) is 13.4. The van der Waals surface area contributed by atoms with Crippen LogP contribution in [-0.4, -0.2) is 28.3 Å². The fourth-order valence-electron chi connectivity index (χ4n) is 3.66. The number of aliphatic hydroxyl groups is 1. The molecule has 0 saturated carbocycles. The van der Waals surface area contributed by atoms with Crippen LogP contribution in [0.3, 0.4) is 0 Å². The molecule has 1 amide bonds. The number of ether oxygens (including phenoxy) is 1. The van der Waals surface area contributed by atoms with E-state index in [9.17, 15) is 14.7 Å². The van der Waals surface area contributed by atoms with Gasteiger partial charge >= 0.3 is 0 Å². The van der Waals surface area contributed by atoms with Crippen LogP contribution in [0.25, 0.3) is 5.76 Å². The van der Waals surface area contributed by atoms with Crippen molar-refractivity contribution in [1.82, 2.24) is 4.90 Å². The lowest BCUT2D eigenvalue weighted by Gasteiger charge is -2.22. The summed E-state index contributed by atoms with van der Waals surface area (Å²) in [7, 11) is 0. The molecule has 4 rings (SSSR count). The van der Waals surface area contributed by atoms with Crippen LogP contribution >= 0.6 is 11.3 Å². The van der Waals surface area contributed by atoms with Gasteiger partial charge in [0.2, 0.25) is 0 Å². The van der Waals surface area contributed by atoms with Gasteiger partial charge in [-0.05, 0) is 48.6 Å². The van der Waals surface area contributed by atoms with Gasteiger partial charge in [-0.25, -0.2) is 0 Å². The van der Waals surface area contributed by atoms with Crippen LogP contribution in [0.15, 0.2) is 63.9 Å². The van der Waals surface area contributed by atoms with Crippen molar-refractivity contribution in [3.05, 3.63) is 81.4 Å². The summed E-state index contributed by atoms with van der Waals surface area (Å²) in [5, 5.41) is 13.1. The SMILES string of the molecule is Cc1ccc(C2/C(=C(/O)c3cccc(OCC(C)C)c3)C(=O)C(=O)N2Cc2cccs2)o1. The molecule has 3 aromatic rings. The molecule has 0 aliphatic carbocycles. The Morgan fingerprint density at radius 1 is 1.19 bits per heavy atom. The standard InChI is InChI=1S/C25H25NO5S/c1-15(2)14-30-18-7-4-6-17(12-18)23(27)21-22(20-10-9-16(3)31-20)26(25(29)24(21)28)13-19-8-5-11-32-19/h4-12,15,22,27H,13-14H2,1-3H3/b23-21-. The molecule has 1 aliphatic rings. The average Bonchev–Trinajstić information content (AvgIpc) is 3.49. The summed E-state index contributed by atoms with van der Waals surface area (Å²) in [5.41, 5.74) is 0.426. The van der Waals surface area contributed by atoms with Gasteiger partial charge in [0.1, 0.15) is 29.1 Å². The first-order valence-corrected chi connectivity index (χ1v) is 11.3. The third-order valence-corrected chi connectivity index (χ3v) is 6.03. The minimum atomic E-state index is -0.814. The number of likely N-dealkylation sites (tertiary alicyclic amines) is 1. The highest BCUT2D eigenvalue weighted by atomic mass is 32.1. The number of hydrogen-bond donors (Lipinski definition) is 1. The molecule has 2 aromatic heterocycles. The Bertz CT molecular complexity index is 1160. The molecule has 166 valence electrons. The Kier molecular flexibility index (Phi) is 6.19. The van der Waals surface area contributed by atoms with Gasteiger partial charge in [-0.15, -0.1) is 11.3 Å². The first kappa shape index (κ1) is 21.9. The molecular weight excluding hydrogens is 426 g/mol. The zero-order valence-electron chi connectivity index (χ0n) is 18.2. The summed E-state index contributed by atoms with van der Waals surface area (Å²) in [6.07, 6.45) is 0. The largest absolute Gasteiger partial charge is 0.507 e. The number of aryl methyl sites for hydroxylation is 1. The molecule has 1 N–H and O–H groups in total. The predicted octanol–water partition coefficient (Wildman–Crippen LogP) is 5.31. The third-order valence-electron chi connectivity index (χ3n) is 5.17. The number of hydrogen-bond acceptors (Lipinski definition) is 6. The molecule has 1 saturated heterocycles. The first-order valence-electron chi connectivity index (χ1n) is 10.5. The van der Waals surface area contributed by atoms with Crippen LogP contribution < -0.4 is 4.74 Å². The van der Waals surface area contributed by atoms with Gasteiger partial charge in [-0.3, -0.25) is 9.59 Å². The number of rotatable bonds is 7. The van der Waals surface area contributed by atoms with Crippen LogP contribution in [-0.2, 0) is 16.1 Å². The van der Waals surface area contributed by atoms with Crippen LogP contribution in [0.2, 0.25) is 0 Å². The highest BCUT2D eigenvalue weighted by Crippen LogP contribution is 2.41. The maximum atomic E-state index is 13.1. The lowest BCUT2D eigenvalue weighted by atomic mass is 9.99. The minimum absolute atomic E-state index is 0.0157. The van der Waals surface area contributed by atoms with Crippen LogP contribution in [0.5, 0.6) is 5.75 Å². The van der Waals surface area contributed by atoms with E-state index in [1.54, 1.807) is 43.3 Å². The highest BCUT2D eigenvalue weighted by molar-refractivity contribution is 7.09. The van der Waals surface area contributed by atoms with Gasteiger partial charge in [-0.1, -0.05) is 32.0 Å². The van der Waals surface area contributed by atoms with E-state index < -0.39 is 17.7 Å². The van der Waals surface area contributed by atoms with Gasteiger partial charge < -0.3 is 19.2 Å². The Morgan fingerprint density at radius 3 is 2.66 bits per heavy atom. The van der Waals surface area contributed by atoms with Crippen LogP contribution in [0.1, 0.15) is 41.9 Å². The summed E-state index contributed by atoms with van der Waals surface area (Å²) in [5.74, 6) is 0.389. The summed E-state index contributed by atoms with van der Waals surface area (Å²) in [6.45, 7) is 6.67. The molecule has 0 spiro atoms. The van der Waals surface area contributed by atoms with Crippen LogP contribution in [0, 0.1) is 12.8 Å². The maximum absolute atomic E-state index is 13.1. The van der Waals surface area contributed by atoms with Crippen molar-refractivity contribution < 1.29 is 23.8 Å². The van der Waals surface area contributed by atoms with E-state index in [1.807, 2.05) is 31.4 Å². The van der Waals surface area contributed by atoms with Crippen molar-refractivity contribution >= 4 is 28.8 Å². The molecular formula is C25H25NO5S. The maximum Gasteiger partial charge on any atom is 0.296 e. The molecule has 6 nitrogen and oxygen atoms in total. The van der Waals surface area contributed by atoms with E-state index in [0.29, 0.717) is 35.4 Å². The van der Waals surface area contributed by atoms with Crippen molar-refractivity contribution in [2.24, 2.45) is 5.92 Å². The Labute approximate surface area is 190 Å². The van der Waals surface area contributed by atoms with Gasteiger partial charge in [0.05, 0.1) is 18.7 Å². The molecule has 1 atom stereocenters. The number of ketones is 1. The zero-order chi connectivity index (χ0) is 22.8. The molecule has 1 fully saturated rings. The van der Waals surface area contributed by atoms with E-state index in [0.717, 1.165) is 4.88 Å². The molecule has 1 unspecified atom stereocenters. The number of amides is 1. The second kappa shape index (κ2) is 9.04. The van der Waals surface area contributed by atoms with Crippen molar-refractivity contribution in [2.75, 3.05) is 6.61 Å². The molecule has 32 heavy (non-hydrogen) atoms. The quantitative estimate of drug-likeness (QED) is 0.299. The molecule has 3 heterocycles.